The van der Waals surface area contributed by atoms with Gasteiger partial charge in [-0.1, -0.05) is 61.5 Å². The van der Waals surface area contributed by atoms with Gasteiger partial charge in [-0.2, -0.15) is 0 Å². The van der Waals surface area contributed by atoms with E-state index in [2.05, 4.69) is 24.4 Å². The van der Waals surface area contributed by atoms with Gasteiger partial charge in [0.05, 0.1) is 11.4 Å². The molecular formula is C23H24N2OS. The number of hydrogen-bond donors (Lipinski definition) is 2. The number of rotatable bonds is 4. The summed E-state index contributed by atoms with van der Waals surface area (Å²) < 4.78 is 0. The Kier molecular flexibility index (Phi) is 6.55. The number of nitrogens with two attached hydrogens (primary N) is 1. The maximum atomic E-state index is 12.1. The molecule has 0 radical (unpaired) electrons. The minimum absolute atomic E-state index is 0.236. The molecule has 0 amide bonds. The van der Waals surface area contributed by atoms with Crippen LogP contribution in [0.3, 0.4) is 0 Å². The zero-order chi connectivity index (χ0) is 19.1. The second-order valence-corrected chi connectivity index (χ2v) is 7.46. The average Bonchev–Trinajstić information content (AvgIpc) is 2.71. The van der Waals surface area contributed by atoms with E-state index in [1.807, 2.05) is 60.7 Å². The van der Waals surface area contributed by atoms with E-state index in [4.69, 9.17) is 5.73 Å². The topological polar surface area (TPSA) is 55.1 Å². The lowest BCUT2D eigenvalue weighted by Crippen LogP contribution is -2.03. The highest BCUT2D eigenvalue weighted by Gasteiger charge is 2.16. The Balaban J connectivity index is 0.000000253. The number of fused-ring (bicyclic) bond motifs is 2. The van der Waals surface area contributed by atoms with Crippen LogP contribution < -0.4 is 11.1 Å². The molecule has 1 aliphatic heterocycles. The number of hydrogen-bond acceptors (Lipinski definition) is 4. The minimum Gasteiger partial charge on any atom is -0.399 e. The van der Waals surface area contributed by atoms with Gasteiger partial charge in [0.15, 0.2) is 5.78 Å². The average molecular weight is 377 g/mol. The fraction of sp³-hybridized carbons (Fsp3) is 0.174. The summed E-state index contributed by atoms with van der Waals surface area (Å²) in [6.07, 6.45) is 2.65. The SMILES string of the molecule is CCCCC(=O)c1ccc2c(c1)Nc1ccccc1S2.Nc1ccccc1. The van der Waals surface area contributed by atoms with Crippen LogP contribution in [0, 0.1) is 0 Å². The summed E-state index contributed by atoms with van der Waals surface area (Å²) in [7, 11) is 0. The smallest absolute Gasteiger partial charge is 0.162 e. The molecule has 3 N–H and O–H groups in total. The maximum absolute atomic E-state index is 12.1. The van der Waals surface area contributed by atoms with Gasteiger partial charge in [0, 0.05) is 27.5 Å². The number of nitrogens with one attached hydrogen (secondary N) is 1. The van der Waals surface area contributed by atoms with E-state index < -0.39 is 0 Å². The first-order valence-electron chi connectivity index (χ1n) is 9.19. The van der Waals surface area contributed by atoms with Crippen LogP contribution in [0.5, 0.6) is 0 Å². The molecule has 1 aliphatic rings. The van der Waals surface area contributed by atoms with Crippen LogP contribution in [-0.2, 0) is 0 Å². The molecule has 0 bridgehead atoms. The standard InChI is InChI=1S/C17H17NOS.C6H7N/c1-2-3-7-15(19)12-9-10-17-14(11-12)18-13-6-4-5-8-16(13)20-17;7-6-4-2-1-3-5-6/h4-6,8-11,18H,2-3,7H2,1H3;1-5H,7H2. The fourth-order valence-electron chi connectivity index (χ4n) is 2.75. The molecule has 1 heterocycles. The highest BCUT2D eigenvalue weighted by atomic mass is 32.2. The molecule has 0 saturated carbocycles. The molecule has 3 aromatic rings. The molecule has 0 saturated heterocycles. The molecule has 3 nitrogen and oxygen atoms in total. The lowest BCUT2D eigenvalue weighted by Gasteiger charge is -2.21. The molecule has 0 aliphatic carbocycles. The Morgan fingerprint density at radius 2 is 1.63 bits per heavy atom. The summed E-state index contributed by atoms with van der Waals surface area (Å²) in [6.45, 7) is 2.11. The van der Waals surface area contributed by atoms with Crippen molar-refractivity contribution in [1.82, 2.24) is 0 Å². The molecule has 0 unspecified atom stereocenters. The molecule has 0 atom stereocenters. The Bertz CT molecular complexity index is 909. The number of benzene rings is 3. The lowest BCUT2D eigenvalue weighted by atomic mass is 10.0. The number of nitrogen functional groups attached to an aromatic ring is 1. The first-order valence-corrected chi connectivity index (χ1v) is 10.0. The molecule has 0 spiro atoms. The largest absolute Gasteiger partial charge is 0.399 e. The molecule has 4 heteroatoms. The summed E-state index contributed by atoms with van der Waals surface area (Å²) in [5.41, 5.74) is 9.14. The number of carbonyl (C=O) groups is 1. The fourth-order valence-corrected chi connectivity index (χ4v) is 3.72. The van der Waals surface area contributed by atoms with E-state index in [-0.39, 0.29) is 5.78 Å². The number of unbranched alkanes of at least 4 members (excludes halogenated alkanes) is 1. The monoisotopic (exact) mass is 376 g/mol. The summed E-state index contributed by atoms with van der Waals surface area (Å²) in [5.74, 6) is 0.236. The number of anilines is 3. The van der Waals surface area contributed by atoms with E-state index >= 15 is 0 Å². The number of ketones is 1. The van der Waals surface area contributed by atoms with Crippen LogP contribution >= 0.6 is 11.8 Å². The van der Waals surface area contributed by atoms with Crippen molar-refractivity contribution in [3.63, 3.8) is 0 Å². The van der Waals surface area contributed by atoms with Crippen molar-refractivity contribution >= 4 is 34.6 Å². The maximum Gasteiger partial charge on any atom is 0.162 e. The van der Waals surface area contributed by atoms with Crippen molar-refractivity contribution in [1.29, 1.82) is 0 Å². The Morgan fingerprint density at radius 3 is 2.33 bits per heavy atom. The van der Waals surface area contributed by atoms with Gasteiger partial charge in [-0.15, -0.1) is 0 Å². The van der Waals surface area contributed by atoms with E-state index in [9.17, 15) is 4.79 Å². The normalized spacial score (nSPS) is 11.3. The van der Waals surface area contributed by atoms with E-state index in [1.165, 1.54) is 9.79 Å². The molecule has 3 aromatic carbocycles. The van der Waals surface area contributed by atoms with Crippen LogP contribution in [0.4, 0.5) is 17.1 Å². The lowest BCUT2D eigenvalue weighted by molar-refractivity contribution is 0.0980. The van der Waals surface area contributed by atoms with Gasteiger partial charge in [-0.3, -0.25) is 4.79 Å². The first-order chi connectivity index (χ1) is 13.2. The van der Waals surface area contributed by atoms with E-state index in [1.54, 1.807) is 11.8 Å². The summed E-state index contributed by atoms with van der Waals surface area (Å²) in [5, 5.41) is 3.42. The van der Waals surface area contributed by atoms with Gasteiger partial charge >= 0.3 is 0 Å². The molecule has 27 heavy (non-hydrogen) atoms. The Hall–Kier alpha value is -2.72. The molecular weight excluding hydrogens is 352 g/mol. The second kappa shape index (κ2) is 9.28. The van der Waals surface area contributed by atoms with Gasteiger partial charge in [0.1, 0.15) is 0 Å². The van der Waals surface area contributed by atoms with Gasteiger partial charge in [-0.05, 0) is 42.8 Å². The van der Waals surface area contributed by atoms with E-state index in [0.717, 1.165) is 35.5 Å². The highest BCUT2D eigenvalue weighted by molar-refractivity contribution is 7.99. The van der Waals surface area contributed by atoms with Crippen LogP contribution in [0.25, 0.3) is 0 Å². The molecule has 0 fully saturated rings. The van der Waals surface area contributed by atoms with Crippen molar-refractivity contribution in [2.45, 2.75) is 36.0 Å². The quantitative estimate of drug-likeness (QED) is 0.314. The number of carbonyl (C=O) groups excluding carboxylic acids is 1. The van der Waals surface area contributed by atoms with Crippen LogP contribution in [-0.4, -0.2) is 5.78 Å². The number of para-hydroxylation sites is 2. The van der Waals surface area contributed by atoms with Crippen molar-refractivity contribution in [2.75, 3.05) is 11.1 Å². The predicted octanol–water partition coefficient (Wildman–Crippen LogP) is 6.54. The molecule has 4 rings (SSSR count). The first kappa shape index (κ1) is 19.1. The van der Waals surface area contributed by atoms with Gasteiger partial charge in [0.25, 0.3) is 0 Å². The van der Waals surface area contributed by atoms with Crippen molar-refractivity contribution < 1.29 is 4.79 Å². The number of Topliss-reactive ketones (excluding diaryl/α,β-unsaturated/α-hetero) is 1. The van der Waals surface area contributed by atoms with Gasteiger partial charge < -0.3 is 11.1 Å². The Morgan fingerprint density at radius 1 is 0.926 bits per heavy atom. The van der Waals surface area contributed by atoms with Crippen molar-refractivity contribution in [3.8, 4) is 0 Å². The van der Waals surface area contributed by atoms with Gasteiger partial charge in [-0.25, -0.2) is 0 Å². The van der Waals surface area contributed by atoms with E-state index in [0.29, 0.717) is 6.42 Å². The Labute approximate surface area is 165 Å². The third-order valence-electron chi connectivity index (χ3n) is 4.23. The van der Waals surface area contributed by atoms with Gasteiger partial charge in [0.2, 0.25) is 0 Å². The zero-order valence-corrected chi connectivity index (χ0v) is 16.3. The van der Waals surface area contributed by atoms with Crippen LogP contribution in [0.2, 0.25) is 0 Å². The van der Waals surface area contributed by atoms with Crippen molar-refractivity contribution in [3.05, 3.63) is 78.4 Å². The molecule has 0 aromatic heterocycles. The summed E-state index contributed by atoms with van der Waals surface area (Å²) in [6, 6.07) is 23.7. The second-order valence-electron chi connectivity index (χ2n) is 6.37. The van der Waals surface area contributed by atoms with Crippen molar-refractivity contribution in [2.24, 2.45) is 0 Å². The highest BCUT2D eigenvalue weighted by Crippen LogP contribution is 2.44. The van der Waals surface area contributed by atoms with Crippen LogP contribution in [0.1, 0.15) is 36.5 Å². The van der Waals surface area contributed by atoms with Crippen LogP contribution in [0.15, 0.2) is 82.6 Å². The molecule has 138 valence electrons. The predicted molar refractivity (Wildman–Crippen MR) is 115 cm³/mol. The summed E-state index contributed by atoms with van der Waals surface area (Å²) in [4.78, 5) is 14.5. The third kappa shape index (κ3) is 5.14. The minimum atomic E-state index is 0.236. The summed E-state index contributed by atoms with van der Waals surface area (Å²) >= 11 is 1.75. The zero-order valence-electron chi connectivity index (χ0n) is 15.4. The third-order valence-corrected chi connectivity index (χ3v) is 5.39.